The van der Waals surface area contributed by atoms with Crippen molar-refractivity contribution in [1.29, 1.82) is 0 Å². The molecule has 0 spiro atoms. The number of hydrogen-bond acceptors (Lipinski definition) is 23. The van der Waals surface area contributed by atoms with Gasteiger partial charge < -0.3 is 45.9 Å². The minimum absolute atomic E-state index is 0. The fraction of sp³-hybridized carbons (Fsp3) is 0.706. The summed E-state index contributed by atoms with van der Waals surface area (Å²) in [6.07, 6.45) is 5.61. The first-order valence-corrected chi connectivity index (χ1v) is 39.0. The zero-order valence-electron chi connectivity index (χ0n) is 55.1. The number of esters is 2. The Morgan fingerprint density at radius 3 is 1.54 bits per heavy atom. The first-order chi connectivity index (χ1) is 39.3. The summed E-state index contributed by atoms with van der Waals surface area (Å²) >= 11 is 5.32. The van der Waals surface area contributed by atoms with E-state index in [-0.39, 0.29) is 103 Å². The van der Waals surface area contributed by atoms with Crippen LogP contribution in [0.15, 0.2) is 37.2 Å². The summed E-state index contributed by atoms with van der Waals surface area (Å²) in [6, 6.07) is 2.99. The Labute approximate surface area is 540 Å². The molecule has 31 nitrogen and oxygen atoms in total. The van der Waals surface area contributed by atoms with Gasteiger partial charge in [-0.3, -0.25) is 60.2 Å². The quantitative estimate of drug-likeness (QED) is 0.00776. The summed E-state index contributed by atoms with van der Waals surface area (Å²) in [4.78, 5) is 73.0. The number of ether oxygens (including phenoxy) is 5. The summed E-state index contributed by atoms with van der Waals surface area (Å²) in [6.45, 7) is 38.3. The van der Waals surface area contributed by atoms with Crippen LogP contribution in [-0.2, 0) is 51.5 Å². The van der Waals surface area contributed by atoms with Gasteiger partial charge in [-0.15, -0.1) is 0 Å². The van der Waals surface area contributed by atoms with E-state index in [2.05, 4.69) is 89.5 Å². The van der Waals surface area contributed by atoms with Gasteiger partial charge >= 0.3 is 64.2 Å². The van der Waals surface area contributed by atoms with Crippen molar-refractivity contribution in [2.45, 2.75) is 195 Å². The van der Waals surface area contributed by atoms with Gasteiger partial charge in [0, 0.05) is 56.0 Å². The monoisotopic (exact) mass is 1320 g/mol. The molecule has 0 aromatic carbocycles. The van der Waals surface area contributed by atoms with E-state index in [9.17, 15) is 65.1 Å². The van der Waals surface area contributed by atoms with Gasteiger partial charge in [0.15, 0.2) is 0 Å². The van der Waals surface area contributed by atoms with Gasteiger partial charge in [0.1, 0.15) is 91.6 Å². The maximum atomic E-state index is 12.0. The van der Waals surface area contributed by atoms with E-state index in [4.69, 9.17) is 41.0 Å². The van der Waals surface area contributed by atoms with Crippen molar-refractivity contribution < 1.29 is 99.0 Å². The summed E-state index contributed by atoms with van der Waals surface area (Å²) in [5.74, 6) is -1.63. The van der Waals surface area contributed by atoms with Crippen molar-refractivity contribution in [3.63, 3.8) is 0 Å². The summed E-state index contributed by atoms with van der Waals surface area (Å²) in [5.41, 5.74) is 3.80. The maximum absolute atomic E-state index is 12.0. The number of alkyl halides is 1. The number of aliphatic hydroxyl groups is 2. The molecule has 87 heavy (non-hydrogen) atoms. The molecule has 0 bridgehead atoms. The van der Waals surface area contributed by atoms with Gasteiger partial charge in [-0.05, 0) is 72.5 Å². The normalized spacial score (nSPS) is 13.1. The van der Waals surface area contributed by atoms with Crippen LogP contribution >= 0.6 is 11.6 Å². The number of hydrogen-bond donors (Lipinski definition) is 5. The SMILES string of the molecule is C[C@@H](C=O)CC(=O)OC(C)(C)C.C[C@H](CC(=O)OC(C)(C)C)C(O)c1c([N+](=O)[O-])cnn1COCC[Si](C)(C)C.C[C@H](N)C(O)c1[nH]ncc1[N+](=O)[O-].C[Si](C)(C)CCOCCl.C[Si](C)(C)CCOCn1cc([N+](=O)[O-])cn1.O=[N+]([O-])c1cn[nH]c1.[H-].[Na+]. The molecule has 0 aliphatic rings. The molecule has 36 heteroatoms. The van der Waals surface area contributed by atoms with E-state index in [0.29, 0.717) is 19.3 Å². The van der Waals surface area contributed by atoms with Crippen LogP contribution in [0.1, 0.15) is 100 Å². The van der Waals surface area contributed by atoms with Crippen LogP contribution in [0, 0.1) is 52.3 Å². The maximum Gasteiger partial charge on any atom is 1.00 e. The van der Waals surface area contributed by atoms with Crippen molar-refractivity contribution in [3.05, 3.63) is 89.0 Å². The minimum atomic E-state index is -1.26. The van der Waals surface area contributed by atoms with Crippen LogP contribution < -0.4 is 35.3 Å². The van der Waals surface area contributed by atoms with E-state index in [1.807, 2.05) is 0 Å². The molecule has 0 aliphatic carbocycles. The van der Waals surface area contributed by atoms with Crippen molar-refractivity contribution >= 4 is 76.8 Å². The van der Waals surface area contributed by atoms with Gasteiger partial charge in [-0.1, -0.05) is 84.4 Å². The average molecular weight is 1320 g/mol. The van der Waals surface area contributed by atoms with Gasteiger partial charge in [-0.2, -0.15) is 20.4 Å². The number of carbonyl (C=O) groups excluding carboxylic acids is 3. The van der Waals surface area contributed by atoms with Crippen LogP contribution in [-0.4, -0.2) is 155 Å². The van der Waals surface area contributed by atoms with E-state index >= 15 is 0 Å². The molecule has 4 heterocycles. The molecule has 0 fully saturated rings. The van der Waals surface area contributed by atoms with Gasteiger partial charge in [0.05, 0.1) is 38.7 Å². The van der Waals surface area contributed by atoms with E-state index in [1.165, 1.54) is 34.0 Å². The molecule has 0 saturated carbocycles. The molecule has 4 rings (SSSR count). The molecule has 6 N–H and O–H groups in total. The molecular weight excluding hydrogens is 1230 g/mol. The fourth-order valence-electron chi connectivity index (χ4n) is 5.93. The molecule has 0 aliphatic heterocycles. The topological polar surface area (TPSA) is 429 Å². The number of nitrogens with one attached hydrogen (secondary N) is 2. The number of nitrogens with two attached hydrogens (primary N) is 1. The van der Waals surface area contributed by atoms with Crippen LogP contribution in [0.5, 0.6) is 0 Å². The number of nitrogens with zero attached hydrogens (tertiary/aromatic N) is 10. The van der Waals surface area contributed by atoms with Crippen molar-refractivity contribution in [1.82, 2.24) is 40.0 Å². The number of halogens is 1. The molecule has 4 aromatic heterocycles. The summed E-state index contributed by atoms with van der Waals surface area (Å²) < 4.78 is 29.0. The standard InChI is InChI=1S/C18H33N3O6Si.C9H17N3O3Si.C9H16O3.C6H15ClOSi.C6H10N4O3.C3H3N3O2.Na.H/c1-13(10-15(22)27-18(2,3)4)17(23)16-14(21(24)25)11-19-20(16)12-26-8-9-28(5,6)7;1-16(2,3)5-4-15-8-11-7-9(6-10-11)12(13)14;1-7(6-10)5-8(11)12-9(2,3)4;1-9(2,3)5-4-8-6-7;1-3(7)6(11)5-4(10(12)13)2-8-9-5;7-6(8)3-1-4-5-2-3;;/h11,13,17,23H,8-10,12H2,1-7H3;6-7H,4-5,8H2,1-3H3;6-7H,5H2,1-4H3;4-6H2,1-3H3;2-3,6,11H,7H2,1H3,(H,8,9);1-2H,(H,4,5);;/q;;;;;;+1;-1/t13-,17?;;7-;;3-,6?;;;/m1.1.0.../s1. The number of aromatic nitrogens is 8. The van der Waals surface area contributed by atoms with Crippen molar-refractivity contribution in [3.8, 4) is 0 Å². The number of rotatable bonds is 27. The van der Waals surface area contributed by atoms with Crippen LogP contribution in [0.3, 0.4) is 0 Å². The number of aromatic amines is 2. The predicted molar refractivity (Wildman–Crippen MR) is 331 cm³/mol. The van der Waals surface area contributed by atoms with Crippen molar-refractivity contribution in [2.75, 3.05) is 25.9 Å². The second-order valence-electron chi connectivity index (χ2n) is 25.3. The molecule has 0 radical (unpaired) electrons. The Balaban J connectivity index is -0.000000507. The fourth-order valence-corrected chi connectivity index (χ4v) is 8.31. The van der Waals surface area contributed by atoms with E-state index < -0.39 is 85.3 Å². The molecule has 2 unspecified atom stereocenters. The molecular formula is C51H95ClN13NaO18Si3. The molecule has 0 amide bonds. The Hall–Kier alpha value is -5.25. The Kier molecular flexibility index (Phi) is 41.4. The second-order valence-corrected chi connectivity index (χ2v) is 42.3. The third-order valence-corrected chi connectivity index (χ3v) is 15.9. The molecule has 0 saturated heterocycles. The number of carbonyl (C=O) groups is 3. The number of aldehydes is 1. The van der Waals surface area contributed by atoms with Crippen molar-refractivity contribution in [2.24, 2.45) is 17.6 Å². The van der Waals surface area contributed by atoms with Gasteiger partial charge in [0.25, 0.3) is 0 Å². The van der Waals surface area contributed by atoms with E-state index in [0.717, 1.165) is 43.6 Å². The third kappa shape index (κ3) is 43.1. The predicted octanol–water partition coefficient (Wildman–Crippen LogP) is 6.83. The number of nitro groups is 4. The third-order valence-electron chi connectivity index (χ3n) is 10.6. The van der Waals surface area contributed by atoms with Gasteiger partial charge in [-0.25, -0.2) is 9.36 Å². The Morgan fingerprint density at radius 1 is 0.690 bits per heavy atom. The Bertz CT molecular complexity index is 2640. The van der Waals surface area contributed by atoms with Crippen LogP contribution in [0.4, 0.5) is 22.7 Å². The smallest absolute Gasteiger partial charge is 1.00 e. The van der Waals surface area contributed by atoms with Gasteiger partial charge in [0.2, 0.25) is 0 Å². The average Bonchev–Trinajstić information content (AvgIpc) is 2.11. The zero-order valence-corrected chi connectivity index (χ0v) is 59.8. The number of aliphatic hydroxyl groups excluding tert-OH is 2. The van der Waals surface area contributed by atoms with E-state index in [1.54, 1.807) is 62.3 Å². The summed E-state index contributed by atoms with van der Waals surface area (Å²) in [7, 11) is -3.21. The first kappa shape index (κ1) is 86.0. The summed E-state index contributed by atoms with van der Waals surface area (Å²) in [5, 5.41) is 81.4. The second kappa shape index (κ2) is 41.9. The van der Waals surface area contributed by atoms with Crippen LogP contribution in [0.25, 0.3) is 0 Å². The molecule has 5 atom stereocenters. The van der Waals surface area contributed by atoms with Crippen LogP contribution in [0.2, 0.25) is 77.1 Å². The minimum Gasteiger partial charge on any atom is -1.00 e. The Morgan fingerprint density at radius 2 is 1.16 bits per heavy atom. The number of H-pyrrole nitrogens is 2. The molecule has 492 valence electrons. The molecule has 4 aromatic rings. The largest absolute Gasteiger partial charge is 1.00 e. The first-order valence-electron chi connectivity index (χ1n) is 27.3. The zero-order chi connectivity index (χ0) is 67.0.